The van der Waals surface area contributed by atoms with E-state index in [1.807, 2.05) is 18.0 Å². The molecule has 10 heteroatoms. The first-order chi connectivity index (χ1) is 13.5. The zero-order valence-electron chi connectivity index (χ0n) is 16.6. The van der Waals surface area contributed by atoms with E-state index in [4.69, 9.17) is 0 Å². The first kappa shape index (κ1) is 21.1. The highest BCUT2D eigenvalue weighted by Crippen LogP contribution is 2.29. The summed E-state index contributed by atoms with van der Waals surface area (Å²) in [6.07, 6.45) is 2.41. The Balaban J connectivity index is 0.00000240. The largest absolute Gasteiger partial charge is 0.372 e. The van der Waals surface area contributed by atoms with Gasteiger partial charge in [-0.05, 0) is 44.1 Å². The van der Waals surface area contributed by atoms with Crippen LogP contribution in [0.25, 0.3) is 0 Å². The molecule has 1 aromatic heterocycles. The number of benzene rings is 1. The van der Waals surface area contributed by atoms with E-state index in [1.54, 1.807) is 23.9 Å². The summed E-state index contributed by atoms with van der Waals surface area (Å²) in [5.74, 6) is 1.18. The number of amides is 2. The number of carbonyl (C=O) groups excluding carboxylic acids is 2. The van der Waals surface area contributed by atoms with E-state index in [0.29, 0.717) is 36.1 Å². The number of rotatable bonds is 3. The molecule has 0 radical (unpaired) electrons. The number of halogens is 1. The lowest BCUT2D eigenvalue weighted by Crippen LogP contribution is -2.27. The monoisotopic (exact) mass is 419 g/mol. The van der Waals surface area contributed by atoms with Gasteiger partial charge in [0.2, 0.25) is 11.9 Å². The summed E-state index contributed by atoms with van der Waals surface area (Å²) in [6, 6.07) is 5.31. The number of nitrogens with one attached hydrogen (secondary N) is 3. The van der Waals surface area contributed by atoms with Gasteiger partial charge in [0.05, 0.1) is 11.4 Å². The van der Waals surface area contributed by atoms with Crippen LogP contribution in [-0.2, 0) is 11.8 Å². The predicted octanol–water partition coefficient (Wildman–Crippen LogP) is 1.73. The van der Waals surface area contributed by atoms with Crippen molar-refractivity contribution >= 4 is 41.5 Å². The molecule has 0 spiro atoms. The van der Waals surface area contributed by atoms with Crippen molar-refractivity contribution in [3.8, 4) is 0 Å². The third kappa shape index (κ3) is 4.51. The Morgan fingerprint density at radius 3 is 2.76 bits per heavy atom. The molecule has 2 aromatic rings. The number of nitrogens with zero attached hydrogens (tertiary/aromatic N) is 4. The summed E-state index contributed by atoms with van der Waals surface area (Å²) < 4.78 is 1.61. The summed E-state index contributed by atoms with van der Waals surface area (Å²) >= 11 is 0. The Kier molecular flexibility index (Phi) is 6.39. The number of carbonyl (C=O) groups is 2. The molecule has 0 aliphatic carbocycles. The van der Waals surface area contributed by atoms with E-state index in [1.165, 1.54) is 0 Å². The molecule has 0 saturated carbocycles. The minimum Gasteiger partial charge on any atom is -0.372 e. The fraction of sp³-hybridized carbons (Fsp3) is 0.474. The fourth-order valence-electron chi connectivity index (χ4n) is 3.65. The number of anilines is 3. The van der Waals surface area contributed by atoms with Crippen LogP contribution in [0, 0.1) is 0 Å². The van der Waals surface area contributed by atoms with Crippen molar-refractivity contribution in [2.45, 2.75) is 25.2 Å². The molecular weight excluding hydrogens is 394 g/mol. The molecule has 4 rings (SSSR count). The Bertz CT molecular complexity index is 908. The third-order valence-electron chi connectivity index (χ3n) is 5.33. The van der Waals surface area contributed by atoms with Crippen LogP contribution >= 0.6 is 12.4 Å². The van der Waals surface area contributed by atoms with Crippen LogP contribution in [0.4, 0.5) is 17.3 Å². The summed E-state index contributed by atoms with van der Waals surface area (Å²) in [4.78, 5) is 31.2. The van der Waals surface area contributed by atoms with E-state index in [0.717, 1.165) is 37.4 Å². The average Bonchev–Trinajstić information content (AvgIpc) is 2.99. The van der Waals surface area contributed by atoms with Crippen LogP contribution in [0.1, 0.15) is 41.4 Å². The van der Waals surface area contributed by atoms with Crippen molar-refractivity contribution in [2.24, 2.45) is 7.05 Å². The molecule has 2 amide bonds. The fourth-order valence-corrected chi connectivity index (χ4v) is 3.65. The van der Waals surface area contributed by atoms with Gasteiger partial charge < -0.3 is 15.5 Å². The van der Waals surface area contributed by atoms with Crippen LogP contribution in [0.15, 0.2) is 18.2 Å². The second-order valence-corrected chi connectivity index (χ2v) is 7.35. The number of fused-ring (bicyclic) bond motifs is 1. The highest BCUT2D eigenvalue weighted by Gasteiger charge is 2.22. The highest BCUT2D eigenvalue weighted by atomic mass is 35.5. The molecule has 9 nitrogen and oxygen atoms in total. The highest BCUT2D eigenvalue weighted by molar-refractivity contribution is 6.06. The predicted molar refractivity (Wildman–Crippen MR) is 114 cm³/mol. The summed E-state index contributed by atoms with van der Waals surface area (Å²) in [7, 11) is 3.71. The van der Waals surface area contributed by atoms with Gasteiger partial charge in [0.25, 0.3) is 5.91 Å². The summed E-state index contributed by atoms with van der Waals surface area (Å²) in [5, 5.41) is 13.5. The Morgan fingerprint density at radius 1 is 1.24 bits per heavy atom. The number of aryl methyl sites for hydroxylation is 1. The molecule has 0 unspecified atom stereocenters. The van der Waals surface area contributed by atoms with Gasteiger partial charge in [-0.25, -0.2) is 4.68 Å². The quantitative estimate of drug-likeness (QED) is 0.700. The zero-order chi connectivity index (χ0) is 19.7. The number of hydrogen-bond donors (Lipinski definition) is 3. The smallest absolute Gasteiger partial charge is 0.258 e. The molecule has 3 heterocycles. The van der Waals surface area contributed by atoms with Crippen molar-refractivity contribution in [2.75, 3.05) is 42.2 Å². The number of aromatic nitrogens is 3. The molecular formula is C19H26ClN7O2. The van der Waals surface area contributed by atoms with E-state index in [-0.39, 0.29) is 24.2 Å². The number of hydrogen-bond acceptors (Lipinski definition) is 6. The Labute approximate surface area is 175 Å². The summed E-state index contributed by atoms with van der Waals surface area (Å²) in [6.45, 7) is 2.56. The maximum Gasteiger partial charge on any atom is 0.258 e. The molecule has 1 aromatic carbocycles. The van der Waals surface area contributed by atoms with E-state index < -0.39 is 0 Å². The van der Waals surface area contributed by atoms with Gasteiger partial charge >= 0.3 is 0 Å². The van der Waals surface area contributed by atoms with Crippen molar-refractivity contribution in [1.29, 1.82) is 0 Å². The lowest BCUT2D eigenvalue weighted by atomic mass is 9.98. The van der Waals surface area contributed by atoms with Gasteiger partial charge in [-0.2, -0.15) is 10.1 Å². The molecule has 1 saturated heterocycles. The van der Waals surface area contributed by atoms with Crippen LogP contribution < -0.4 is 20.9 Å². The van der Waals surface area contributed by atoms with Gasteiger partial charge in [0, 0.05) is 38.5 Å². The minimum atomic E-state index is -0.281. The first-order valence-electron chi connectivity index (χ1n) is 9.59. The maximum atomic E-state index is 12.8. The average molecular weight is 420 g/mol. The minimum absolute atomic E-state index is 0. The molecule has 0 bridgehead atoms. The maximum absolute atomic E-state index is 12.8. The van der Waals surface area contributed by atoms with Crippen molar-refractivity contribution in [1.82, 2.24) is 20.1 Å². The first-order valence-corrected chi connectivity index (χ1v) is 9.59. The van der Waals surface area contributed by atoms with Crippen LogP contribution in [-0.4, -0.2) is 53.3 Å². The Hall–Kier alpha value is -2.65. The zero-order valence-corrected chi connectivity index (χ0v) is 17.4. The van der Waals surface area contributed by atoms with Crippen LogP contribution in [0.3, 0.4) is 0 Å². The standard InChI is InChI=1S/C19H25N7O2.ClH/c1-25-10-7-16(27)21-14-11-13(3-4-15(14)25)18(28)23-19-22-17(24-26(19)2)12-5-8-20-9-6-12;/h3-4,11-12,20H,5-10H2,1-2H3,(H,21,27)(H,22,23,24,28);1H. The van der Waals surface area contributed by atoms with E-state index in [9.17, 15) is 9.59 Å². The van der Waals surface area contributed by atoms with Gasteiger partial charge in [-0.1, -0.05) is 0 Å². The molecule has 29 heavy (non-hydrogen) atoms. The molecule has 0 atom stereocenters. The Morgan fingerprint density at radius 2 is 2.00 bits per heavy atom. The normalized spacial score (nSPS) is 17.0. The van der Waals surface area contributed by atoms with Gasteiger partial charge in [-0.3, -0.25) is 14.9 Å². The van der Waals surface area contributed by atoms with E-state index >= 15 is 0 Å². The van der Waals surface area contributed by atoms with Crippen molar-refractivity contribution in [3.63, 3.8) is 0 Å². The second kappa shape index (κ2) is 8.79. The lowest BCUT2D eigenvalue weighted by Gasteiger charge is -2.19. The topological polar surface area (TPSA) is 104 Å². The van der Waals surface area contributed by atoms with Crippen LogP contribution in [0.5, 0.6) is 0 Å². The molecule has 156 valence electrons. The SMILES string of the molecule is CN1CCC(=O)Nc2cc(C(=O)Nc3nc(C4CCNCC4)nn3C)ccc21.Cl. The van der Waals surface area contributed by atoms with Gasteiger partial charge in [-0.15, -0.1) is 12.4 Å². The van der Waals surface area contributed by atoms with Gasteiger partial charge in [0.15, 0.2) is 5.82 Å². The summed E-state index contributed by atoms with van der Waals surface area (Å²) in [5.41, 5.74) is 2.00. The second-order valence-electron chi connectivity index (χ2n) is 7.35. The molecule has 2 aliphatic rings. The third-order valence-corrected chi connectivity index (χ3v) is 5.33. The van der Waals surface area contributed by atoms with Crippen LogP contribution in [0.2, 0.25) is 0 Å². The lowest BCUT2D eigenvalue weighted by molar-refractivity contribution is -0.115. The van der Waals surface area contributed by atoms with Gasteiger partial charge in [0.1, 0.15) is 0 Å². The van der Waals surface area contributed by atoms with E-state index in [2.05, 4.69) is 26.0 Å². The van der Waals surface area contributed by atoms with Crippen molar-refractivity contribution in [3.05, 3.63) is 29.6 Å². The number of piperidine rings is 1. The van der Waals surface area contributed by atoms with Crippen molar-refractivity contribution < 1.29 is 9.59 Å². The molecule has 1 fully saturated rings. The molecule has 2 aliphatic heterocycles. The molecule has 3 N–H and O–H groups in total.